The van der Waals surface area contributed by atoms with Crippen molar-refractivity contribution in [3.05, 3.63) is 17.8 Å². The quantitative estimate of drug-likeness (QED) is 0.884. The summed E-state index contributed by atoms with van der Waals surface area (Å²) in [5.41, 5.74) is 9.11. The molecule has 1 aromatic heterocycles. The van der Waals surface area contributed by atoms with E-state index in [4.69, 9.17) is 15.5 Å². The van der Waals surface area contributed by atoms with Gasteiger partial charge in [0.05, 0.1) is 24.6 Å². The molecule has 136 valence electrons. The van der Waals surface area contributed by atoms with Crippen LogP contribution in [0.25, 0.3) is 0 Å². The Balaban J connectivity index is 1.33. The molecular formula is C20H30N4O. The summed E-state index contributed by atoms with van der Waals surface area (Å²) in [7, 11) is 0. The molecular weight excluding hydrogens is 312 g/mol. The minimum atomic E-state index is 0.141. The van der Waals surface area contributed by atoms with Gasteiger partial charge in [0.25, 0.3) is 0 Å². The maximum atomic E-state index is 6.65. The maximum Gasteiger partial charge on any atom is 0.129 e. The third-order valence-corrected chi connectivity index (χ3v) is 7.05. The number of nitrogens with one attached hydrogen (secondary N) is 1. The topological polar surface area (TPSA) is 63.4 Å². The zero-order chi connectivity index (χ0) is 17.0. The van der Waals surface area contributed by atoms with Gasteiger partial charge in [-0.05, 0) is 68.9 Å². The summed E-state index contributed by atoms with van der Waals surface area (Å²) in [6, 6.07) is 4.99. The van der Waals surface area contributed by atoms with E-state index in [9.17, 15) is 0 Å². The fraction of sp³-hybridized carbons (Fsp3) is 0.750. The first-order chi connectivity index (χ1) is 12.1. The molecule has 5 fully saturated rings. The Morgan fingerprint density at radius 2 is 1.88 bits per heavy atom. The maximum absolute atomic E-state index is 6.65. The Labute approximate surface area is 150 Å². The highest BCUT2D eigenvalue weighted by molar-refractivity contribution is 5.54. The molecule has 0 spiro atoms. The minimum absolute atomic E-state index is 0.141. The van der Waals surface area contributed by atoms with E-state index < -0.39 is 0 Å². The van der Waals surface area contributed by atoms with Gasteiger partial charge < -0.3 is 20.7 Å². The number of rotatable bonds is 3. The lowest BCUT2D eigenvalue weighted by Crippen LogP contribution is -2.62. The molecule has 1 saturated heterocycles. The van der Waals surface area contributed by atoms with Crippen molar-refractivity contribution in [2.24, 2.45) is 23.5 Å². The number of hydrogen-bond acceptors (Lipinski definition) is 5. The first-order valence-corrected chi connectivity index (χ1v) is 9.95. The minimum Gasteiger partial charge on any atom is -0.380 e. The summed E-state index contributed by atoms with van der Waals surface area (Å²) in [6.07, 6.45) is 6.41. The van der Waals surface area contributed by atoms with Crippen LogP contribution < -0.4 is 16.0 Å². The van der Waals surface area contributed by atoms with E-state index in [0.717, 1.165) is 55.6 Å². The number of hydrogen-bond donors (Lipinski definition) is 2. The van der Waals surface area contributed by atoms with Gasteiger partial charge in [0, 0.05) is 24.7 Å². The van der Waals surface area contributed by atoms with Crippen molar-refractivity contribution in [1.29, 1.82) is 0 Å². The van der Waals surface area contributed by atoms with Gasteiger partial charge in [-0.15, -0.1) is 0 Å². The molecule has 2 atom stereocenters. The van der Waals surface area contributed by atoms with Crippen molar-refractivity contribution in [2.45, 2.75) is 50.6 Å². The second-order valence-corrected chi connectivity index (χ2v) is 8.90. The first kappa shape index (κ1) is 15.9. The van der Waals surface area contributed by atoms with Gasteiger partial charge in [-0.1, -0.05) is 0 Å². The summed E-state index contributed by atoms with van der Waals surface area (Å²) in [5, 5.41) is 3.88. The monoisotopic (exact) mass is 342 g/mol. The predicted molar refractivity (Wildman–Crippen MR) is 99.9 cm³/mol. The number of nitrogens with two attached hydrogens (primary N) is 1. The molecule has 2 unspecified atom stereocenters. The molecule has 1 aromatic rings. The summed E-state index contributed by atoms with van der Waals surface area (Å²) in [4.78, 5) is 7.20. The molecule has 6 rings (SSSR count). The molecule has 1 aliphatic heterocycles. The van der Waals surface area contributed by atoms with Crippen molar-refractivity contribution in [1.82, 2.24) is 4.98 Å². The zero-order valence-electron chi connectivity index (χ0n) is 15.2. The van der Waals surface area contributed by atoms with E-state index in [2.05, 4.69) is 29.3 Å². The van der Waals surface area contributed by atoms with Gasteiger partial charge >= 0.3 is 0 Å². The summed E-state index contributed by atoms with van der Waals surface area (Å²) in [6.45, 7) is 5.60. The Hall–Kier alpha value is -1.33. The Morgan fingerprint density at radius 1 is 1.16 bits per heavy atom. The van der Waals surface area contributed by atoms with Crippen LogP contribution in [0, 0.1) is 24.7 Å². The van der Waals surface area contributed by atoms with E-state index in [1.165, 1.54) is 37.8 Å². The summed E-state index contributed by atoms with van der Waals surface area (Å²) >= 11 is 0. The lowest BCUT2D eigenvalue weighted by molar-refractivity contribution is -0.0107. The van der Waals surface area contributed by atoms with Crippen LogP contribution in [0.2, 0.25) is 0 Å². The van der Waals surface area contributed by atoms with Crippen molar-refractivity contribution in [3.63, 3.8) is 0 Å². The van der Waals surface area contributed by atoms with Crippen LogP contribution in [0.3, 0.4) is 0 Å². The largest absolute Gasteiger partial charge is 0.380 e. The fourth-order valence-corrected chi connectivity index (χ4v) is 6.17. The standard InChI is InChI=1S/C20H30N4O/c1-13-17(2-3-18(22-13)24-4-6-25-7-5-24)23-19-15-8-14-9-16(19)12-20(21,10-14)11-15/h2-3,14-16,19,23H,4-12,21H2,1H3. The highest BCUT2D eigenvalue weighted by atomic mass is 16.5. The van der Waals surface area contributed by atoms with Gasteiger partial charge in [0.15, 0.2) is 0 Å². The van der Waals surface area contributed by atoms with Gasteiger partial charge in [-0.2, -0.15) is 0 Å². The second-order valence-electron chi connectivity index (χ2n) is 8.90. The van der Waals surface area contributed by atoms with E-state index in [1.807, 2.05) is 0 Å². The van der Waals surface area contributed by atoms with Crippen molar-refractivity contribution in [2.75, 3.05) is 36.5 Å². The normalized spacial score (nSPS) is 39.7. The molecule has 25 heavy (non-hydrogen) atoms. The molecule has 5 heteroatoms. The third-order valence-electron chi connectivity index (χ3n) is 7.05. The molecule has 0 amide bonds. The molecule has 5 aliphatic rings. The Bertz CT molecular complexity index is 641. The summed E-state index contributed by atoms with van der Waals surface area (Å²) < 4.78 is 5.45. The highest BCUT2D eigenvalue weighted by Crippen LogP contribution is 2.55. The predicted octanol–water partition coefficient (Wildman–Crippen LogP) is 2.54. The number of nitrogens with zero attached hydrogens (tertiary/aromatic N) is 2. The van der Waals surface area contributed by atoms with Gasteiger partial charge in [-0.3, -0.25) is 0 Å². The average molecular weight is 342 g/mol. The molecule has 0 radical (unpaired) electrons. The zero-order valence-corrected chi connectivity index (χ0v) is 15.2. The number of aryl methyl sites for hydroxylation is 1. The van der Waals surface area contributed by atoms with E-state index in [0.29, 0.717) is 6.04 Å². The van der Waals surface area contributed by atoms with Crippen LogP contribution in [-0.4, -0.2) is 42.9 Å². The first-order valence-electron chi connectivity index (χ1n) is 9.95. The molecule has 2 heterocycles. The van der Waals surface area contributed by atoms with E-state index in [1.54, 1.807) is 0 Å². The van der Waals surface area contributed by atoms with Crippen LogP contribution in [0.4, 0.5) is 11.5 Å². The second kappa shape index (κ2) is 5.85. The number of ether oxygens (including phenoxy) is 1. The Kier molecular flexibility index (Phi) is 3.72. The van der Waals surface area contributed by atoms with Crippen LogP contribution in [0.5, 0.6) is 0 Å². The average Bonchev–Trinajstić information content (AvgIpc) is 2.58. The van der Waals surface area contributed by atoms with Gasteiger partial charge in [-0.25, -0.2) is 4.98 Å². The van der Waals surface area contributed by atoms with Crippen molar-refractivity contribution in [3.8, 4) is 0 Å². The number of pyridine rings is 1. The summed E-state index contributed by atoms with van der Waals surface area (Å²) in [5.74, 6) is 3.45. The van der Waals surface area contributed by atoms with Crippen molar-refractivity contribution < 1.29 is 4.74 Å². The lowest BCUT2D eigenvalue weighted by atomic mass is 9.51. The highest BCUT2D eigenvalue weighted by Gasteiger charge is 2.53. The van der Waals surface area contributed by atoms with Crippen LogP contribution >= 0.6 is 0 Å². The van der Waals surface area contributed by atoms with Crippen LogP contribution in [0.1, 0.15) is 37.8 Å². The van der Waals surface area contributed by atoms with E-state index in [-0.39, 0.29) is 5.54 Å². The molecule has 4 saturated carbocycles. The van der Waals surface area contributed by atoms with E-state index >= 15 is 0 Å². The van der Waals surface area contributed by atoms with Crippen LogP contribution in [0.15, 0.2) is 12.1 Å². The van der Waals surface area contributed by atoms with Gasteiger partial charge in [0.2, 0.25) is 0 Å². The molecule has 3 N–H and O–H groups in total. The van der Waals surface area contributed by atoms with Crippen molar-refractivity contribution >= 4 is 11.5 Å². The molecule has 4 aliphatic carbocycles. The molecule has 0 aromatic carbocycles. The Morgan fingerprint density at radius 3 is 2.52 bits per heavy atom. The number of anilines is 2. The van der Waals surface area contributed by atoms with Crippen LogP contribution in [-0.2, 0) is 4.74 Å². The third kappa shape index (κ3) is 2.81. The molecule has 5 nitrogen and oxygen atoms in total. The molecule has 4 bridgehead atoms. The fourth-order valence-electron chi connectivity index (χ4n) is 6.17. The van der Waals surface area contributed by atoms with Gasteiger partial charge in [0.1, 0.15) is 5.82 Å². The lowest BCUT2D eigenvalue weighted by Gasteiger charge is -2.59. The SMILES string of the molecule is Cc1nc(N2CCOCC2)ccc1NC1C2CC3CC1CC(N)(C3)C2. The smallest absolute Gasteiger partial charge is 0.129 e. The number of morpholine rings is 1. The number of aromatic nitrogens is 1.